The second kappa shape index (κ2) is 6.10. The zero-order valence-corrected chi connectivity index (χ0v) is 12.6. The first-order valence-corrected chi connectivity index (χ1v) is 7.07. The molecule has 2 aromatic rings. The third kappa shape index (κ3) is 3.10. The molecule has 0 aliphatic carbocycles. The SMILES string of the molecule is CCCn1ncnc1CC(=O)c1cccc(Br)c1C. The number of nitrogens with zero attached hydrogens (tertiary/aromatic N) is 3. The molecular formula is C14H16BrN3O. The van der Waals surface area contributed by atoms with E-state index in [-0.39, 0.29) is 12.2 Å². The number of rotatable bonds is 5. The molecule has 0 aliphatic heterocycles. The second-order valence-electron chi connectivity index (χ2n) is 4.41. The van der Waals surface area contributed by atoms with Crippen molar-refractivity contribution in [2.75, 3.05) is 0 Å². The van der Waals surface area contributed by atoms with E-state index in [4.69, 9.17) is 0 Å². The molecule has 0 atom stereocenters. The van der Waals surface area contributed by atoms with Crippen LogP contribution in [0.5, 0.6) is 0 Å². The summed E-state index contributed by atoms with van der Waals surface area (Å²) in [6.07, 6.45) is 2.77. The Labute approximate surface area is 121 Å². The zero-order chi connectivity index (χ0) is 13.8. The highest BCUT2D eigenvalue weighted by molar-refractivity contribution is 9.10. The Hall–Kier alpha value is -1.49. The second-order valence-corrected chi connectivity index (χ2v) is 5.27. The van der Waals surface area contributed by atoms with Crippen LogP contribution in [-0.2, 0) is 13.0 Å². The fourth-order valence-electron chi connectivity index (χ4n) is 1.97. The molecule has 0 bridgehead atoms. The quantitative estimate of drug-likeness (QED) is 0.794. The van der Waals surface area contributed by atoms with Gasteiger partial charge in [0.1, 0.15) is 12.2 Å². The smallest absolute Gasteiger partial charge is 0.170 e. The number of carbonyl (C=O) groups is 1. The Balaban J connectivity index is 2.21. The third-order valence-corrected chi connectivity index (χ3v) is 3.88. The number of ketones is 1. The molecule has 5 heteroatoms. The summed E-state index contributed by atoms with van der Waals surface area (Å²) in [5.74, 6) is 0.801. The van der Waals surface area contributed by atoms with Crippen molar-refractivity contribution in [2.24, 2.45) is 0 Å². The number of aromatic nitrogens is 3. The van der Waals surface area contributed by atoms with Gasteiger partial charge in [-0.1, -0.05) is 35.0 Å². The predicted octanol–water partition coefficient (Wildman–Crippen LogP) is 3.18. The predicted molar refractivity (Wildman–Crippen MR) is 77.2 cm³/mol. The normalized spacial score (nSPS) is 10.7. The summed E-state index contributed by atoms with van der Waals surface area (Å²) in [4.78, 5) is 16.5. The summed E-state index contributed by atoms with van der Waals surface area (Å²) in [6.45, 7) is 4.81. The van der Waals surface area contributed by atoms with Crippen LogP contribution in [0.1, 0.15) is 35.1 Å². The lowest BCUT2D eigenvalue weighted by Crippen LogP contribution is -2.12. The molecule has 2 rings (SSSR count). The van der Waals surface area contributed by atoms with Crippen molar-refractivity contribution in [2.45, 2.75) is 33.2 Å². The van der Waals surface area contributed by atoms with Gasteiger partial charge in [-0.2, -0.15) is 5.10 Å². The van der Waals surface area contributed by atoms with Crippen LogP contribution in [0, 0.1) is 6.92 Å². The largest absolute Gasteiger partial charge is 0.294 e. The molecule has 0 fully saturated rings. The van der Waals surface area contributed by atoms with Crippen molar-refractivity contribution in [3.63, 3.8) is 0 Å². The van der Waals surface area contributed by atoms with E-state index in [0.29, 0.717) is 0 Å². The van der Waals surface area contributed by atoms with E-state index in [1.165, 1.54) is 6.33 Å². The fraction of sp³-hybridized carbons (Fsp3) is 0.357. The Morgan fingerprint density at radius 1 is 1.42 bits per heavy atom. The van der Waals surface area contributed by atoms with Gasteiger partial charge in [0.05, 0.1) is 6.42 Å². The highest BCUT2D eigenvalue weighted by atomic mass is 79.9. The van der Waals surface area contributed by atoms with E-state index in [1.54, 1.807) is 4.68 Å². The number of hydrogen-bond donors (Lipinski definition) is 0. The number of benzene rings is 1. The summed E-state index contributed by atoms with van der Waals surface area (Å²) in [6, 6.07) is 5.66. The van der Waals surface area contributed by atoms with Crippen molar-refractivity contribution in [1.82, 2.24) is 14.8 Å². The van der Waals surface area contributed by atoms with Gasteiger partial charge in [-0.25, -0.2) is 9.67 Å². The van der Waals surface area contributed by atoms with E-state index in [1.807, 2.05) is 25.1 Å². The average molecular weight is 322 g/mol. The first kappa shape index (κ1) is 13.9. The van der Waals surface area contributed by atoms with Gasteiger partial charge in [0.25, 0.3) is 0 Å². The van der Waals surface area contributed by atoms with E-state index in [0.717, 1.165) is 34.4 Å². The van der Waals surface area contributed by atoms with Gasteiger partial charge in [-0.05, 0) is 25.0 Å². The van der Waals surface area contributed by atoms with Crippen LogP contribution in [0.25, 0.3) is 0 Å². The Morgan fingerprint density at radius 2 is 2.21 bits per heavy atom. The van der Waals surface area contributed by atoms with E-state index >= 15 is 0 Å². The standard InChI is InChI=1S/C14H16BrN3O/c1-3-7-18-14(16-9-17-18)8-13(19)11-5-4-6-12(15)10(11)2/h4-6,9H,3,7-8H2,1-2H3. The lowest BCUT2D eigenvalue weighted by molar-refractivity contribution is 0.0988. The lowest BCUT2D eigenvalue weighted by Gasteiger charge is -2.07. The first-order valence-electron chi connectivity index (χ1n) is 6.28. The van der Waals surface area contributed by atoms with Crippen molar-refractivity contribution in [3.8, 4) is 0 Å². The van der Waals surface area contributed by atoms with Crippen LogP contribution in [0.4, 0.5) is 0 Å². The molecule has 0 amide bonds. The fourth-order valence-corrected chi connectivity index (χ4v) is 2.34. The number of aryl methyl sites for hydroxylation is 1. The molecule has 19 heavy (non-hydrogen) atoms. The van der Waals surface area contributed by atoms with Gasteiger partial charge in [0.2, 0.25) is 0 Å². The van der Waals surface area contributed by atoms with E-state index in [9.17, 15) is 4.79 Å². The monoisotopic (exact) mass is 321 g/mol. The zero-order valence-electron chi connectivity index (χ0n) is 11.1. The van der Waals surface area contributed by atoms with Gasteiger partial charge in [-0.3, -0.25) is 4.79 Å². The molecule has 0 saturated heterocycles. The molecule has 0 N–H and O–H groups in total. The number of halogens is 1. The molecule has 0 unspecified atom stereocenters. The molecule has 0 saturated carbocycles. The number of Topliss-reactive ketones (excluding diaryl/α,β-unsaturated/α-hetero) is 1. The highest BCUT2D eigenvalue weighted by Gasteiger charge is 2.14. The van der Waals surface area contributed by atoms with Crippen LogP contribution in [0.2, 0.25) is 0 Å². The van der Waals surface area contributed by atoms with Crippen LogP contribution >= 0.6 is 15.9 Å². The van der Waals surface area contributed by atoms with Crippen LogP contribution in [0.15, 0.2) is 29.0 Å². The van der Waals surface area contributed by atoms with Gasteiger partial charge in [0, 0.05) is 16.6 Å². The summed E-state index contributed by atoms with van der Waals surface area (Å²) >= 11 is 3.45. The molecule has 0 radical (unpaired) electrons. The minimum atomic E-state index is 0.0733. The molecule has 1 aromatic carbocycles. The molecule has 100 valence electrons. The van der Waals surface area contributed by atoms with E-state index in [2.05, 4.69) is 32.9 Å². The maximum atomic E-state index is 12.3. The Bertz CT molecular complexity index is 592. The molecule has 1 heterocycles. The minimum absolute atomic E-state index is 0.0733. The summed E-state index contributed by atoms with van der Waals surface area (Å²) < 4.78 is 2.75. The Kier molecular flexibility index (Phi) is 4.47. The van der Waals surface area contributed by atoms with Crippen LogP contribution < -0.4 is 0 Å². The van der Waals surface area contributed by atoms with Gasteiger partial charge < -0.3 is 0 Å². The van der Waals surface area contributed by atoms with Crippen molar-refractivity contribution in [1.29, 1.82) is 0 Å². The van der Waals surface area contributed by atoms with Crippen LogP contribution in [-0.4, -0.2) is 20.5 Å². The lowest BCUT2D eigenvalue weighted by atomic mass is 10.0. The average Bonchev–Trinajstić information content (AvgIpc) is 2.80. The highest BCUT2D eigenvalue weighted by Crippen LogP contribution is 2.20. The maximum absolute atomic E-state index is 12.3. The van der Waals surface area contributed by atoms with Crippen molar-refractivity contribution >= 4 is 21.7 Å². The molecule has 0 aliphatic rings. The van der Waals surface area contributed by atoms with Gasteiger partial charge in [-0.15, -0.1) is 0 Å². The topological polar surface area (TPSA) is 47.8 Å². The molecule has 0 spiro atoms. The number of hydrogen-bond acceptors (Lipinski definition) is 3. The van der Waals surface area contributed by atoms with Gasteiger partial charge in [0.15, 0.2) is 5.78 Å². The molecule has 1 aromatic heterocycles. The minimum Gasteiger partial charge on any atom is -0.294 e. The molecule has 4 nitrogen and oxygen atoms in total. The maximum Gasteiger partial charge on any atom is 0.170 e. The van der Waals surface area contributed by atoms with Crippen molar-refractivity contribution in [3.05, 3.63) is 46.0 Å². The van der Waals surface area contributed by atoms with Crippen LogP contribution in [0.3, 0.4) is 0 Å². The third-order valence-electron chi connectivity index (χ3n) is 3.02. The number of carbonyl (C=O) groups excluding carboxylic acids is 1. The van der Waals surface area contributed by atoms with Crippen molar-refractivity contribution < 1.29 is 4.79 Å². The summed E-state index contributed by atoms with van der Waals surface area (Å²) in [5, 5.41) is 4.14. The van der Waals surface area contributed by atoms with Gasteiger partial charge >= 0.3 is 0 Å². The summed E-state index contributed by atoms with van der Waals surface area (Å²) in [5.41, 5.74) is 1.70. The summed E-state index contributed by atoms with van der Waals surface area (Å²) in [7, 11) is 0. The molecular weight excluding hydrogens is 306 g/mol. The van der Waals surface area contributed by atoms with E-state index < -0.39 is 0 Å². The Morgan fingerprint density at radius 3 is 2.95 bits per heavy atom. The first-order chi connectivity index (χ1) is 9.13.